The Morgan fingerprint density at radius 3 is 1.33 bits per heavy atom. The average molecular weight is 222 g/mol. The lowest BCUT2D eigenvalue weighted by molar-refractivity contribution is 0.478. The molecule has 0 aromatic rings. The van der Waals surface area contributed by atoms with Gasteiger partial charge in [0, 0.05) is 0 Å². The Kier molecular flexibility index (Phi) is 1.89. The van der Waals surface area contributed by atoms with Gasteiger partial charge in [-0.25, -0.2) is 0 Å². The summed E-state index contributed by atoms with van der Waals surface area (Å²) in [7, 11) is 1.36. The van der Waals surface area contributed by atoms with Gasteiger partial charge in [0.05, 0.1) is 0 Å². The van der Waals surface area contributed by atoms with Gasteiger partial charge in [-0.15, -0.1) is 8.58 Å². The summed E-state index contributed by atoms with van der Waals surface area (Å²) in [5, 5.41) is 1.79. The zero-order chi connectivity index (χ0) is 9.93. The van der Waals surface area contributed by atoms with Crippen LogP contribution in [0, 0.1) is 11.8 Å². The van der Waals surface area contributed by atoms with Crippen LogP contribution < -0.4 is 0 Å². The van der Waals surface area contributed by atoms with E-state index in [2.05, 4.69) is 0 Å². The zero-order valence-electron chi connectivity index (χ0n) is 9.73. The van der Waals surface area contributed by atoms with Crippen LogP contribution in [0.25, 0.3) is 0 Å². The van der Waals surface area contributed by atoms with E-state index in [0.29, 0.717) is 0 Å². The van der Waals surface area contributed by atoms with Crippen LogP contribution >= 0.6 is 8.58 Å². The normalized spacial score (nSPS) is 57.6. The SMILES string of the molecule is C1CC2(PC34CCC(CC3)C4)CCC1C2. The molecule has 0 heterocycles. The second-order valence-corrected chi connectivity index (χ2v) is 9.35. The van der Waals surface area contributed by atoms with Crippen LogP contribution in [-0.2, 0) is 0 Å². The standard InChI is InChI=1S/C14H23P/c1-5-13(6-2-11(1)9-13)15-14-7-3-12(10-14)4-8-14/h11-12,15H,1-10H2. The second kappa shape index (κ2) is 3.00. The van der Waals surface area contributed by atoms with Crippen LogP contribution in [0.1, 0.15) is 64.2 Å². The average Bonchev–Trinajstić information content (AvgIpc) is 2.95. The number of rotatable bonds is 2. The summed E-state index contributed by atoms with van der Waals surface area (Å²) in [5.74, 6) is 2.32. The molecular weight excluding hydrogens is 199 g/mol. The summed E-state index contributed by atoms with van der Waals surface area (Å²) in [4.78, 5) is 0. The molecule has 0 aliphatic heterocycles. The van der Waals surface area contributed by atoms with Crippen LogP contribution in [0.15, 0.2) is 0 Å². The van der Waals surface area contributed by atoms with Crippen LogP contribution in [-0.4, -0.2) is 10.3 Å². The molecule has 4 saturated carbocycles. The first-order valence-corrected chi connectivity index (χ1v) is 8.07. The molecule has 1 heteroatoms. The first-order chi connectivity index (χ1) is 7.28. The Morgan fingerprint density at radius 2 is 1.07 bits per heavy atom. The summed E-state index contributed by atoms with van der Waals surface area (Å²) in [6, 6.07) is 0. The molecule has 0 aromatic carbocycles. The molecule has 0 saturated heterocycles. The smallest absolute Gasteiger partial charge is 0.0114 e. The third kappa shape index (κ3) is 1.36. The van der Waals surface area contributed by atoms with Crippen molar-refractivity contribution in [2.24, 2.45) is 11.8 Å². The Balaban J connectivity index is 1.55. The van der Waals surface area contributed by atoms with Crippen molar-refractivity contribution in [2.75, 3.05) is 0 Å². The first kappa shape index (κ1) is 9.46. The van der Waals surface area contributed by atoms with Gasteiger partial charge in [0.15, 0.2) is 0 Å². The molecule has 0 N–H and O–H groups in total. The Bertz CT molecular complexity index is 239. The fourth-order valence-electron chi connectivity index (χ4n) is 5.30. The molecule has 4 aliphatic carbocycles. The molecule has 0 atom stereocenters. The maximum atomic E-state index is 1.64. The molecular formula is C14H23P. The summed E-state index contributed by atoms with van der Waals surface area (Å²) >= 11 is 0. The Labute approximate surface area is 95.4 Å². The van der Waals surface area contributed by atoms with Gasteiger partial charge in [-0.3, -0.25) is 0 Å². The first-order valence-electron chi connectivity index (χ1n) is 7.07. The van der Waals surface area contributed by atoms with Gasteiger partial charge in [0.25, 0.3) is 0 Å². The molecule has 4 rings (SSSR count). The highest BCUT2D eigenvalue weighted by Crippen LogP contribution is 2.68. The molecule has 0 spiro atoms. The lowest BCUT2D eigenvalue weighted by atomic mass is 9.99. The monoisotopic (exact) mass is 222 g/mol. The van der Waals surface area contributed by atoms with E-state index in [-0.39, 0.29) is 0 Å². The molecule has 84 valence electrons. The molecule has 0 nitrogen and oxygen atoms in total. The van der Waals surface area contributed by atoms with E-state index in [9.17, 15) is 0 Å². The topological polar surface area (TPSA) is 0 Å². The third-order valence-corrected chi connectivity index (χ3v) is 8.48. The van der Waals surface area contributed by atoms with Crippen LogP contribution in [0.3, 0.4) is 0 Å². The van der Waals surface area contributed by atoms with E-state index in [0.717, 1.165) is 22.1 Å². The minimum atomic E-state index is 0.893. The lowest BCUT2D eigenvalue weighted by Crippen LogP contribution is -2.26. The molecule has 0 radical (unpaired) electrons. The molecule has 0 amide bonds. The van der Waals surface area contributed by atoms with Gasteiger partial charge in [0.1, 0.15) is 0 Å². The highest BCUT2D eigenvalue weighted by Gasteiger charge is 2.53. The number of hydrogen-bond donors (Lipinski definition) is 0. The van der Waals surface area contributed by atoms with Gasteiger partial charge >= 0.3 is 0 Å². The van der Waals surface area contributed by atoms with Gasteiger partial charge in [-0.05, 0) is 86.4 Å². The van der Waals surface area contributed by atoms with E-state index in [4.69, 9.17) is 0 Å². The number of fused-ring (bicyclic) bond motifs is 4. The summed E-state index contributed by atoms with van der Waals surface area (Å²) in [6.45, 7) is 0. The molecule has 4 fully saturated rings. The van der Waals surface area contributed by atoms with E-state index in [1.165, 1.54) is 8.58 Å². The van der Waals surface area contributed by atoms with Gasteiger partial charge in [-0.2, -0.15) is 0 Å². The van der Waals surface area contributed by atoms with Crippen molar-refractivity contribution in [3.63, 3.8) is 0 Å². The Morgan fingerprint density at radius 1 is 0.667 bits per heavy atom. The fourth-order valence-corrected chi connectivity index (χ4v) is 8.28. The van der Waals surface area contributed by atoms with Gasteiger partial charge in [0.2, 0.25) is 0 Å². The second-order valence-electron chi connectivity index (χ2n) is 6.98. The Hall–Kier alpha value is 0.430. The maximum Gasteiger partial charge on any atom is -0.0114 e. The minimum absolute atomic E-state index is 0.893. The highest BCUT2D eigenvalue weighted by molar-refractivity contribution is 7.42. The minimum Gasteiger partial charge on any atom is -0.109 e. The summed E-state index contributed by atoms with van der Waals surface area (Å²) < 4.78 is 0. The quantitative estimate of drug-likeness (QED) is 0.610. The number of hydrogen-bond acceptors (Lipinski definition) is 0. The van der Waals surface area contributed by atoms with Crippen molar-refractivity contribution in [3.8, 4) is 0 Å². The molecule has 0 unspecified atom stereocenters. The molecule has 15 heavy (non-hydrogen) atoms. The van der Waals surface area contributed by atoms with Crippen molar-refractivity contribution >= 4 is 8.58 Å². The summed E-state index contributed by atoms with van der Waals surface area (Å²) in [6.07, 6.45) is 16.1. The predicted octanol–water partition coefficient (Wildman–Crippen LogP) is 4.33. The van der Waals surface area contributed by atoms with E-state index in [1.807, 2.05) is 0 Å². The summed E-state index contributed by atoms with van der Waals surface area (Å²) in [5.41, 5.74) is 0. The third-order valence-electron chi connectivity index (χ3n) is 6.01. The van der Waals surface area contributed by atoms with Crippen molar-refractivity contribution in [3.05, 3.63) is 0 Å². The van der Waals surface area contributed by atoms with E-state index < -0.39 is 0 Å². The van der Waals surface area contributed by atoms with Gasteiger partial charge < -0.3 is 0 Å². The van der Waals surface area contributed by atoms with Crippen molar-refractivity contribution in [1.29, 1.82) is 0 Å². The van der Waals surface area contributed by atoms with Crippen LogP contribution in [0.2, 0.25) is 0 Å². The van der Waals surface area contributed by atoms with Crippen LogP contribution in [0.5, 0.6) is 0 Å². The fraction of sp³-hybridized carbons (Fsp3) is 1.00. The maximum absolute atomic E-state index is 1.64. The van der Waals surface area contributed by atoms with Crippen molar-refractivity contribution in [2.45, 2.75) is 74.5 Å². The van der Waals surface area contributed by atoms with Crippen LogP contribution in [0.4, 0.5) is 0 Å². The molecule has 4 bridgehead atoms. The predicted molar refractivity (Wildman–Crippen MR) is 66.9 cm³/mol. The van der Waals surface area contributed by atoms with Crippen molar-refractivity contribution in [1.82, 2.24) is 0 Å². The highest BCUT2D eigenvalue weighted by atomic mass is 31.1. The van der Waals surface area contributed by atoms with E-state index in [1.54, 1.807) is 64.2 Å². The lowest BCUT2D eigenvalue weighted by Gasteiger charge is -2.37. The zero-order valence-corrected chi connectivity index (χ0v) is 10.7. The van der Waals surface area contributed by atoms with E-state index >= 15 is 0 Å². The van der Waals surface area contributed by atoms with Gasteiger partial charge in [-0.1, -0.05) is 0 Å². The molecule has 4 aliphatic rings. The molecule has 0 aromatic heterocycles. The largest absolute Gasteiger partial charge is 0.109 e. The van der Waals surface area contributed by atoms with Crippen molar-refractivity contribution < 1.29 is 0 Å².